The number of hydrogen-bond donors (Lipinski definition) is 1. The van der Waals surface area contributed by atoms with E-state index in [1.165, 1.54) is 29.2 Å². The van der Waals surface area contributed by atoms with E-state index in [-0.39, 0.29) is 5.60 Å². The molecule has 2 unspecified atom stereocenters. The maximum absolute atomic E-state index is 6.08. The van der Waals surface area contributed by atoms with E-state index < -0.39 is 0 Å². The van der Waals surface area contributed by atoms with Gasteiger partial charge in [-0.1, -0.05) is 0 Å². The molecule has 0 aliphatic carbocycles. The van der Waals surface area contributed by atoms with Crippen LogP contribution < -0.4 is 5.73 Å². The van der Waals surface area contributed by atoms with Gasteiger partial charge in [-0.3, -0.25) is 0 Å². The number of halogens is 1. The van der Waals surface area contributed by atoms with E-state index >= 15 is 0 Å². The van der Waals surface area contributed by atoms with Crippen LogP contribution in [0.2, 0.25) is 0 Å². The van der Waals surface area contributed by atoms with E-state index in [1.807, 2.05) is 35.7 Å². The van der Waals surface area contributed by atoms with E-state index in [0.717, 1.165) is 23.2 Å². The topological polar surface area (TPSA) is 35.2 Å². The molecule has 19 heavy (non-hydrogen) atoms. The van der Waals surface area contributed by atoms with Crippen molar-refractivity contribution in [3.63, 3.8) is 0 Å². The van der Waals surface area contributed by atoms with Gasteiger partial charge in [0.05, 0.1) is 5.60 Å². The molecule has 1 aromatic carbocycles. The molecule has 2 nitrogen and oxygen atoms in total. The van der Waals surface area contributed by atoms with Gasteiger partial charge in [0.15, 0.2) is 0 Å². The van der Waals surface area contributed by atoms with Crippen LogP contribution in [0, 0.1) is 0 Å². The van der Waals surface area contributed by atoms with Gasteiger partial charge >= 0.3 is 0 Å². The maximum Gasteiger partial charge on any atom is 0.0791 e. The molecule has 2 aliphatic rings. The highest BCUT2D eigenvalue weighted by Gasteiger charge is 2.40. The molecule has 0 radical (unpaired) electrons. The van der Waals surface area contributed by atoms with E-state index in [1.54, 1.807) is 0 Å². The minimum Gasteiger partial charge on any atom is -0.399 e. The van der Waals surface area contributed by atoms with Gasteiger partial charge in [0.25, 0.3) is 0 Å². The number of thioether (sulfide) groups is 2. The number of nitrogens with two attached hydrogens (primary N) is 1. The summed E-state index contributed by atoms with van der Waals surface area (Å²) in [6, 6.07) is 6.09. The highest BCUT2D eigenvalue weighted by Crippen LogP contribution is 2.44. The summed E-state index contributed by atoms with van der Waals surface area (Å²) in [7, 11) is 0. The Morgan fingerprint density at radius 1 is 1.47 bits per heavy atom. The first-order valence-corrected chi connectivity index (χ1v) is 9.43. The normalized spacial score (nSPS) is 30.9. The number of rotatable bonds is 2. The van der Waals surface area contributed by atoms with Crippen LogP contribution in [0.25, 0.3) is 0 Å². The second-order valence-corrected chi connectivity index (χ2v) is 8.56. The first kappa shape index (κ1) is 14.1. The van der Waals surface area contributed by atoms with Crippen molar-refractivity contribution in [3.05, 3.63) is 22.7 Å². The van der Waals surface area contributed by atoms with Gasteiger partial charge in [-0.2, -0.15) is 11.8 Å². The van der Waals surface area contributed by atoms with Crippen LogP contribution in [0.5, 0.6) is 0 Å². The number of ether oxygens (including phenoxy) is 1. The lowest BCUT2D eigenvalue weighted by molar-refractivity contribution is -0.0562. The summed E-state index contributed by atoms with van der Waals surface area (Å²) in [5.41, 5.74) is 6.77. The summed E-state index contributed by atoms with van der Waals surface area (Å²) >= 11 is 7.61. The van der Waals surface area contributed by atoms with Crippen molar-refractivity contribution in [1.29, 1.82) is 0 Å². The Balaban J connectivity index is 1.69. The molecular formula is C14H18BrNOS2. The van der Waals surface area contributed by atoms with Crippen molar-refractivity contribution in [2.24, 2.45) is 0 Å². The Morgan fingerprint density at radius 2 is 2.37 bits per heavy atom. The lowest BCUT2D eigenvalue weighted by atomic mass is 9.93. The zero-order chi connectivity index (χ0) is 13.3. The summed E-state index contributed by atoms with van der Waals surface area (Å²) in [5, 5.41) is 0.660. The van der Waals surface area contributed by atoms with Gasteiger partial charge in [-0.05, 0) is 59.1 Å². The van der Waals surface area contributed by atoms with Crippen LogP contribution >= 0.6 is 39.5 Å². The fourth-order valence-corrected chi connectivity index (χ4v) is 6.07. The standard InChI is InChI=1S/C14H18BrNOS2/c15-12-7-10(16)1-2-13(12)19-11-3-5-17-14(8-11)4-6-18-9-14/h1-2,7,11H,3-6,8-9,16H2. The van der Waals surface area contributed by atoms with Crippen molar-refractivity contribution in [2.45, 2.75) is 35.0 Å². The molecule has 1 spiro atoms. The molecule has 2 N–H and O–H groups in total. The Labute approximate surface area is 131 Å². The van der Waals surface area contributed by atoms with Gasteiger partial charge in [-0.25, -0.2) is 0 Å². The van der Waals surface area contributed by atoms with Crippen LogP contribution in [0.4, 0.5) is 5.69 Å². The average molecular weight is 360 g/mol. The summed E-state index contributed by atoms with van der Waals surface area (Å²) < 4.78 is 7.19. The third-order valence-electron chi connectivity index (χ3n) is 3.76. The van der Waals surface area contributed by atoms with Crippen LogP contribution in [0.1, 0.15) is 19.3 Å². The zero-order valence-corrected chi connectivity index (χ0v) is 14.0. The molecular weight excluding hydrogens is 342 g/mol. The number of benzene rings is 1. The van der Waals surface area contributed by atoms with Crippen LogP contribution in [-0.2, 0) is 4.74 Å². The van der Waals surface area contributed by atoms with Crippen molar-refractivity contribution in [3.8, 4) is 0 Å². The molecule has 2 aliphatic heterocycles. The smallest absolute Gasteiger partial charge is 0.0791 e. The Kier molecular flexibility index (Phi) is 4.37. The first-order chi connectivity index (χ1) is 9.17. The summed E-state index contributed by atoms with van der Waals surface area (Å²) in [4.78, 5) is 1.29. The summed E-state index contributed by atoms with van der Waals surface area (Å²) in [6.07, 6.45) is 3.55. The van der Waals surface area contributed by atoms with E-state index in [4.69, 9.17) is 10.5 Å². The molecule has 104 valence electrons. The van der Waals surface area contributed by atoms with Crippen molar-refractivity contribution < 1.29 is 4.74 Å². The largest absolute Gasteiger partial charge is 0.399 e. The Morgan fingerprint density at radius 3 is 3.11 bits per heavy atom. The molecule has 1 aromatic rings. The molecule has 2 atom stereocenters. The first-order valence-electron chi connectivity index (χ1n) is 6.60. The minimum absolute atomic E-state index is 0.168. The molecule has 0 saturated carbocycles. The monoisotopic (exact) mass is 359 g/mol. The maximum atomic E-state index is 6.08. The highest BCUT2D eigenvalue weighted by molar-refractivity contribution is 9.10. The second kappa shape index (κ2) is 5.88. The minimum atomic E-state index is 0.168. The number of hydrogen-bond acceptors (Lipinski definition) is 4. The zero-order valence-electron chi connectivity index (χ0n) is 10.7. The molecule has 5 heteroatoms. The predicted octanol–water partition coefficient (Wildman–Crippen LogP) is 4.18. The van der Waals surface area contributed by atoms with Gasteiger partial charge in [-0.15, -0.1) is 11.8 Å². The molecule has 0 amide bonds. The summed E-state index contributed by atoms with van der Waals surface area (Å²) in [5.74, 6) is 2.43. The number of nitrogen functional groups attached to an aromatic ring is 1. The predicted molar refractivity (Wildman–Crippen MR) is 88.1 cm³/mol. The molecule has 2 fully saturated rings. The second-order valence-electron chi connectivity index (χ2n) is 5.26. The van der Waals surface area contributed by atoms with Gasteiger partial charge < -0.3 is 10.5 Å². The quantitative estimate of drug-likeness (QED) is 0.803. The lowest BCUT2D eigenvalue weighted by Gasteiger charge is -2.37. The van der Waals surface area contributed by atoms with Crippen molar-refractivity contribution >= 4 is 45.1 Å². The fourth-order valence-electron chi connectivity index (χ4n) is 2.74. The Hall–Kier alpha value is 0.160. The third kappa shape index (κ3) is 3.26. The van der Waals surface area contributed by atoms with Crippen LogP contribution in [0.3, 0.4) is 0 Å². The highest BCUT2D eigenvalue weighted by atomic mass is 79.9. The Bertz CT molecular complexity index is 463. The summed E-state index contributed by atoms with van der Waals surface area (Å²) in [6.45, 7) is 0.908. The average Bonchev–Trinajstić information content (AvgIpc) is 2.81. The van der Waals surface area contributed by atoms with Gasteiger partial charge in [0, 0.05) is 32.7 Å². The SMILES string of the molecule is Nc1ccc(SC2CCOC3(CCSC3)C2)c(Br)c1. The van der Waals surface area contributed by atoms with Crippen molar-refractivity contribution in [1.82, 2.24) is 0 Å². The van der Waals surface area contributed by atoms with Gasteiger partial charge in [0.2, 0.25) is 0 Å². The van der Waals surface area contributed by atoms with E-state index in [0.29, 0.717) is 5.25 Å². The molecule has 3 rings (SSSR count). The van der Waals surface area contributed by atoms with E-state index in [9.17, 15) is 0 Å². The van der Waals surface area contributed by atoms with E-state index in [2.05, 4.69) is 22.0 Å². The third-order valence-corrected chi connectivity index (χ3v) is 7.25. The van der Waals surface area contributed by atoms with Crippen molar-refractivity contribution in [2.75, 3.05) is 23.8 Å². The lowest BCUT2D eigenvalue weighted by Crippen LogP contribution is -2.40. The molecule has 2 heterocycles. The van der Waals surface area contributed by atoms with Gasteiger partial charge in [0.1, 0.15) is 0 Å². The fraction of sp³-hybridized carbons (Fsp3) is 0.571. The van der Waals surface area contributed by atoms with Crippen LogP contribution in [0.15, 0.2) is 27.6 Å². The molecule has 0 bridgehead atoms. The van der Waals surface area contributed by atoms with Crippen LogP contribution in [-0.4, -0.2) is 29.0 Å². The molecule has 2 saturated heterocycles. The molecule has 0 aromatic heterocycles. The number of anilines is 1.